The van der Waals surface area contributed by atoms with E-state index in [2.05, 4.69) is 31.3 Å². The van der Waals surface area contributed by atoms with Gasteiger partial charge in [0.05, 0.1) is 12.1 Å². The molecule has 0 aliphatic heterocycles. The Morgan fingerprint density at radius 1 is 1.24 bits per heavy atom. The molecule has 0 saturated heterocycles. The molecule has 21 heavy (non-hydrogen) atoms. The van der Waals surface area contributed by atoms with Crippen LogP contribution in [0.1, 0.15) is 45.6 Å². The fourth-order valence-corrected chi connectivity index (χ4v) is 2.11. The zero-order valence-corrected chi connectivity index (χ0v) is 13.4. The molecule has 0 spiro atoms. The Bertz CT molecular complexity index is 431. The number of primary amides is 1. The molecule has 118 valence electrons. The van der Waals surface area contributed by atoms with Crippen LogP contribution in [-0.2, 0) is 11.2 Å². The lowest BCUT2D eigenvalue weighted by atomic mass is 9.97. The van der Waals surface area contributed by atoms with E-state index in [1.807, 2.05) is 19.1 Å². The predicted molar refractivity (Wildman–Crippen MR) is 86.4 cm³/mol. The number of hydrogen-bond acceptors (Lipinski definition) is 3. The summed E-state index contributed by atoms with van der Waals surface area (Å²) in [6.45, 7) is 7.29. The molecule has 1 rings (SSSR count). The van der Waals surface area contributed by atoms with E-state index in [0.717, 1.165) is 31.6 Å². The van der Waals surface area contributed by atoms with Gasteiger partial charge in [0, 0.05) is 6.42 Å². The van der Waals surface area contributed by atoms with Crippen LogP contribution in [0.25, 0.3) is 0 Å². The molecule has 4 heteroatoms. The molecule has 4 nitrogen and oxygen atoms in total. The van der Waals surface area contributed by atoms with Crippen LogP contribution in [0.15, 0.2) is 24.3 Å². The first kappa shape index (κ1) is 17.5. The summed E-state index contributed by atoms with van der Waals surface area (Å²) < 4.78 is 5.72. The molecular weight excluding hydrogens is 264 g/mol. The van der Waals surface area contributed by atoms with E-state index in [-0.39, 0.29) is 5.91 Å². The molecule has 0 fully saturated rings. The van der Waals surface area contributed by atoms with Crippen LogP contribution in [0.5, 0.6) is 5.75 Å². The van der Waals surface area contributed by atoms with Crippen LogP contribution in [0.4, 0.5) is 0 Å². The quantitative estimate of drug-likeness (QED) is 0.697. The third kappa shape index (κ3) is 5.76. The highest BCUT2D eigenvalue weighted by molar-refractivity contribution is 5.84. The van der Waals surface area contributed by atoms with Crippen LogP contribution in [0, 0.1) is 0 Å². The molecule has 0 aliphatic carbocycles. The second kappa shape index (κ2) is 8.67. The minimum Gasteiger partial charge on any atom is -0.494 e. The van der Waals surface area contributed by atoms with E-state index >= 15 is 0 Å². The van der Waals surface area contributed by atoms with E-state index in [1.165, 1.54) is 5.56 Å². The van der Waals surface area contributed by atoms with Crippen LogP contribution in [0.3, 0.4) is 0 Å². The summed E-state index contributed by atoms with van der Waals surface area (Å²) in [4.78, 5) is 11.6. The minimum atomic E-state index is -0.710. The Morgan fingerprint density at radius 2 is 1.90 bits per heavy atom. The van der Waals surface area contributed by atoms with Crippen molar-refractivity contribution in [2.24, 2.45) is 5.73 Å². The van der Waals surface area contributed by atoms with Crippen molar-refractivity contribution in [2.45, 2.75) is 52.0 Å². The third-order valence-electron chi connectivity index (χ3n) is 3.64. The first-order valence-electron chi connectivity index (χ1n) is 7.78. The van der Waals surface area contributed by atoms with Gasteiger partial charge in [0.25, 0.3) is 0 Å². The van der Waals surface area contributed by atoms with E-state index in [9.17, 15) is 4.79 Å². The summed E-state index contributed by atoms with van der Waals surface area (Å²) >= 11 is 0. The van der Waals surface area contributed by atoms with Crippen molar-refractivity contribution < 1.29 is 9.53 Å². The Balaban J connectivity index is 2.48. The third-order valence-corrected chi connectivity index (χ3v) is 3.64. The zero-order valence-electron chi connectivity index (χ0n) is 13.4. The topological polar surface area (TPSA) is 64.3 Å². The molecule has 1 aromatic carbocycles. The lowest BCUT2D eigenvalue weighted by Crippen LogP contribution is -2.54. The molecule has 3 N–H and O–H groups in total. The lowest BCUT2D eigenvalue weighted by Gasteiger charge is -2.27. The Labute approximate surface area is 128 Å². The average molecular weight is 292 g/mol. The van der Waals surface area contributed by atoms with E-state index in [0.29, 0.717) is 13.0 Å². The molecule has 0 aliphatic rings. The second-order valence-corrected chi connectivity index (χ2v) is 5.62. The maximum atomic E-state index is 11.6. The summed E-state index contributed by atoms with van der Waals surface area (Å²) in [7, 11) is 0. The number of rotatable bonds is 10. The molecule has 1 unspecified atom stereocenters. The Hall–Kier alpha value is -1.55. The van der Waals surface area contributed by atoms with Crippen LogP contribution < -0.4 is 15.8 Å². The summed E-state index contributed by atoms with van der Waals surface area (Å²) in [5.41, 5.74) is 6.09. The predicted octanol–water partition coefficient (Wildman–Crippen LogP) is 2.65. The van der Waals surface area contributed by atoms with Gasteiger partial charge in [-0.15, -0.1) is 0 Å². The van der Waals surface area contributed by atoms with Crippen molar-refractivity contribution in [3.63, 3.8) is 0 Å². The van der Waals surface area contributed by atoms with E-state index in [1.54, 1.807) is 0 Å². The molecular formula is C17H28N2O2. The van der Waals surface area contributed by atoms with Gasteiger partial charge in [-0.2, -0.15) is 0 Å². The standard InChI is InChI=1S/C17H28N2O2/c1-4-6-14-7-9-15(10-8-14)21-13-11-17(3,16(18)20)19-12-5-2/h7-10,19H,4-6,11-13H2,1-3H3,(H2,18,20). The average Bonchev–Trinajstić information content (AvgIpc) is 2.47. The first-order valence-corrected chi connectivity index (χ1v) is 7.78. The van der Waals surface area contributed by atoms with Gasteiger partial charge in [-0.25, -0.2) is 0 Å². The molecule has 0 saturated carbocycles. The summed E-state index contributed by atoms with van der Waals surface area (Å²) in [5, 5.41) is 3.20. The van der Waals surface area contributed by atoms with Gasteiger partial charge < -0.3 is 15.8 Å². The highest BCUT2D eigenvalue weighted by Crippen LogP contribution is 2.15. The molecule has 0 bridgehead atoms. The Morgan fingerprint density at radius 3 is 2.43 bits per heavy atom. The lowest BCUT2D eigenvalue weighted by molar-refractivity contribution is -0.124. The van der Waals surface area contributed by atoms with E-state index in [4.69, 9.17) is 10.5 Å². The second-order valence-electron chi connectivity index (χ2n) is 5.62. The van der Waals surface area contributed by atoms with Crippen molar-refractivity contribution in [2.75, 3.05) is 13.2 Å². The van der Waals surface area contributed by atoms with Crippen molar-refractivity contribution in [3.05, 3.63) is 29.8 Å². The van der Waals surface area contributed by atoms with Gasteiger partial charge in [-0.3, -0.25) is 4.79 Å². The largest absolute Gasteiger partial charge is 0.494 e. The SMILES string of the molecule is CCCNC(C)(CCOc1ccc(CCC)cc1)C(N)=O. The molecule has 0 aromatic heterocycles. The number of carbonyl (C=O) groups is 1. The summed E-state index contributed by atoms with van der Waals surface area (Å²) in [5.74, 6) is 0.495. The molecule has 1 amide bonds. The van der Waals surface area contributed by atoms with E-state index < -0.39 is 5.54 Å². The van der Waals surface area contributed by atoms with Gasteiger partial charge in [-0.1, -0.05) is 32.4 Å². The number of benzene rings is 1. The number of nitrogens with one attached hydrogen (secondary N) is 1. The number of ether oxygens (including phenoxy) is 1. The van der Waals surface area contributed by atoms with Crippen LogP contribution >= 0.6 is 0 Å². The number of hydrogen-bond donors (Lipinski definition) is 2. The summed E-state index contributed by atoms with van der Waals surface area (Å²) in [6, 6.07) is 8.13. The highest BCUT2D eigenvalue weighted by atomic mass is 16.5. The molecule has 0 heterocycles. The van der Waals surface area contributed by atoms with Crippen molar-refractivity contribution in [1.29, 1.82) is 0 Å². The fourth-order valence-electron chi connectivity index (χ4n) is 2.11. The first-order chi connectivity index (χ1) is 10.0. The molecule has 0 radical (unpaired) electrons. The Kier molecular flexibility index (Phi) is 7.23. The minimum absolute atomic E-state index is 0.335. The van der Waals surface area contributed by atoms with Gasteiger partial charge in [0.15, 0.2) is 0 Å². The summed E-state index contributed by atoms with van der Waals surface area (Å²) in [6.07, 6.45) is 3.74. The van der Waals surface area contributed by atoms with Crippen molar-refractivity contribution in [3.8, 4) is 5.75 Å². The molecule has 1 aromatic rings. The maximum Gasteiger partial charge on any atom is 0.237 e. The van der Waals surface area contributed by atoms with Gasteiger partial charge in [-0.05, 0) is 44.0 Å². The monoisotopic (exact) mass is 292 g/mol. The normalized spacial score (nSPS) is 13.7. The number of amides is 1. The smallest absolute Gasteiger partial charge is 0.237 e. The van der Waals surface area contributed by atoms with Crippen LogP contribution in [0.2, 0.25) is 0 Å². The number of carbonyl (C=O) groups excluding carboxylic acids is 1. The number of nitrogens with two attached hydrogens (primary N) is 1. The highest BCUT2D eigenvalue weighted by Gasteiger charge is 2.29. The zero-order chi connectivity index (χ0) is 15.7. The van der Waals surface area contributed by atoms with Crippen LogP contribution in [-0.4, -0.2) is 24.6 Å². The van der Waals surface area contributed by atoms with Gasteiger partial charge in [0.1, 0.15) is 5.75 Å². The fraction of sp³-hybridized carbons (Fsp3) is 0.588. The number of aryl methyl sites for hydroxylation is 1. The molecule has 1 atom stereocenters. The van der Waals surface area contributed by atoms with Crippen molar-refractivity contribution >= 4 is 5.91 Å². The van der Waals surface area contributed by atoms with Gasteiger partial charge >= 0.3 is 0 Å². The maximum absolute atomic E-state index is 11.6. The van der Waals surface area contributed by atoms with Crippen molar-refractivity contribution in [1.82, 2.24) is 5.32 Å². The van der Waals surface area contributed by atoms with Gasteiger partial charge in [0.2, 0.25) is 5.91 Å².